The third kappa shape index (κ3) is 3.57. The number of amides is 2. The molecular formula is C16H18N2O2. The van der Waals surface area contributed by atoms with Crippen LogP contribution in [0.25, 0.3) is 10.8 Å². The van der Waals surface area contributed by atoms with Gasteiger partial charge in [0.2, 0.25) is 5.91 Å². The monoisotopic (exact) mass is 270 g/mol. The molecule has 2 amide bonds. The molecule has 2 aromatic rings. The molecule has 2 aromatic carbocycles. The minimum absolute atomic E-state index is 0.0497. The third-order valence-electron chi connectivity index (χ3n) is 3.02. The molecule has 4 heteroatoms. The van der Waals surface area contributed by atoms with Crippen LogP contribution in [0.15, 0.2) is 42.5 Å². The highest BCUT2D eigenvalue weighted by atomic mass is 16.2. The standard InChI is InChI=1S/C16H18N2O2/c1-2-17-15(19)9-10-18-16(20)14-8-7-12-5-3-4-6-13(12)11-14/h3-8,11H,2,9-10H2,1H3,(H,17,19)(H,18,20). The molecule has 0 heterocycles. The first-order chi connectivity index (χ1) is 9.70. The van der Waals surface area contributed by atoms with Gasteiger partial charge in [-0.05, 0) is 29.8 Å². The number of carbonyl (C=O) groups excluding carboxylic acids is 2. The summed E-state index contributed by atoms with van der Waals surface area (Å²) < 4.78 is 0. The van der Waals surface area contributed by atoms with Gasteiger partial charge in [0, 0.05) is 25.1 Å². The second kappa shape index (κ2) is 6.70. The first kappa shape index (κ1) is 14.1. The van der Waals surface area contributed by atoms with Crippen LogP contribution in [0.1, 0.15) is 23.7 Å². The molecule has 0 saturated carbocycles. The minimum atomic E-state index is -0.153. The molecule has 0 aliphatic heterocycles. The van der Waals surface area contributed by atoms with Gasteiger partial charge in [-0.25, -0.2) is 0 Å². The Hall–Kier alpha value is -2.36. The second-order valence-corrected chi connectivity index (χ2v) is 4.52. The first-order valence-electron chi connectivity index (χ1n) is 6.74. The van der Waals surface area contributed by atoms with Gasteiger partial charge in [0.1, 0.15) is 0 Å². The molecule has 0 atom stereocenters. The van der Waals surface area contributed by atoms with E-state index >= 15 is 0 Å². The number of nitrogens with one attached hydrogen (secondary N) is 2. The Bertz CT molecular complexity index is 623. The molecule has 0 aliphatic rings. The van der Waals surface area contributed by atoms with Crippen LogP contribution in [-0.4, -0.2) is 24.9 Å². The summed E-state index contributed by atoms with van der Waals surface area (Å²) in [6.07, 6.45) is 0.299. The van der Waals surface area contributed by atoms with Crippen molar-refractivity contribution in [2.45, 2.75) is 13.3 Å². The summed E-state index contributed by atoms with van der Waals surface area (Å²) in [4.78, 5) is 23.3. The Labute approximate surface area is 118 Å². The molecule has 0 unspecified atom stereocenters. The molecule has 2 N–H and O–H groups in total. The van der Waals surface area contributed by atoms with Crippen molar-refractivity contribution in [2.24, 2.45) is 0 Å². The molecular weight excluding hydrogens is 252 g/mol. The molecule has 0 radical (unpaired) electrons. The minimum Gasteiger partial charge on any atom is -0.356 e. The molecule has 0 fully saturated rings. The molecule has 104 valence electrons. The van der Waals surface area contributed by atoms with Gasteiger partial charge in [-0.15, -0.1) is 0 Å². The fraction of sp³-hybridized carbons (Fsp3) is 0.250. The maximum atomic E-state index is 12.0. The van der Waals surface area contributed by atoms with Crippen molar-refractivity contribution >= 4 is 22.6 Å². The summed E-state index contributed by atoms with van der Waals surface area (Å²) in [6, 6.07) is 13.5. The lowest BCUT2D eigenvalue weighted by molar-refractivity contribution is -0.120. The number of hydrogen-bond donors (Lipinski definition) is 2. The maximum Gasteiger partial charge on any atom is 0.251 e. The predicted molar refractivity (Wildman–Crippen MR) is 79.6 cm³/mol. The van der Waals surface area contributed by atoms with Gasteiger partial charge in [0.25, 0.3) is 5.91 Å². The molecule has 4 nitrogen and oxygen atoms in total. The highest BCUT2D eigenvalue weighted by Gasteiger charge is 2.06. The van der Waals surface area contributed by atoms with Crippen molar-refractivity contribution in [3.05, 3.63) is 48.0 Å². The summed E-state index contributed by atoms with van der Waals surface area (Å²) in [5.74, 6) is -0.202. The quantitative estimate of drug-likeness (QED) is 0.874. The van der Waals surface area contributed by atoms with E-state index in [4.69, 9.17) is 0 Å². The van der Waals surface area contributed by atoms with E-state index in [1.807, 2.05) is 43.3 Å². The lowest BCUT2D eigenvalue weighted by atomic mass is 10.1. The number of benzene rings is 2. The molecule has 0 aromatic heterocycles. The second-order valence-electron chi connectivity index (χ2n) is 4.52. The zero-order valence-corrected chi connectivity index (χ0v) is 11.5. The topological polar surface area (TPSA) is 58.2 Å². The van der Waals surface area contributed by atoms with E-state index < -0.39 is 0 Å². The molecule has 0 spiro atoms. The van der Waals surface area contributed by atoms with Gasteiger partial charge in [-0.3, -0.25) is 9.59 Å². The van der Waals surface area contributed by atoms with E-state index in [0.29, 0.717) is 25.1 Å². The average molecular weight is 270 g/mol. The largest absolute Gasteiger partial charge is 0.356 e. The lowest BCUT2D eigenvalue weighted by Crippen LogP contribution is -2.30. The fourth-order valence-electron chi connectivity index (χ4n) is 2.01. The van der Waals surface area contributed by atoms with Crippen LogP contribution in [0.4, 0.5) is 0 Å². The van der Waals surface area contributed by atoms with Crippen LogP contribution in [0.5, 0.6) is 0 Å². The van der Waals surface area contributed by atoms with E-state index in [0.717, 1.165) is 10.8 Å². The molecule has 2 rings (SSSR count). The smallest absolute Gasteiger partial charge is 0.251 e. The van der Waals surface area contributed by atoms with Crippen LogP contribution in [0, 0.1) is 0 Å². The number of fused-ring (bicyclic) bond motifs is 1. The van der Waals surface area contributed by atoms with Crippen LogP contribution < -0.4 is 10.6 Å². The summed E-state index contributed by atoms with van der Waals surface area (Å²) in [5, 5.41) is 7.58. The van der Waals surface area contributed by atoms with Crippen LogP contribution in [0.2, 0.25) is 0 Å². The number of carbonyl (C=O) groups is 2. The molecule has 0 aliphatic carbocycles. The Kier molecular flexibility index (Phi) is 4.71. The highest BCUT2D eigenvalue weighted by Crippen LogP contribution is 2.15. The lowest BCUT2D eigenvalue weighted by Gasteiger charge is -2.06. The number of hydrogen-bond acceptors (Lipinski definition) is 2. The average Bonchev–Trinajstić information content (AvgIpc) is 2.47. The van der Waals surface area contributed by atoms with Crippen LogP contribution in [-0.2, 0) is 4.79 Å². The van der Waals surface area contributed by atoms with Crippen molar-refractivity contribution in [2.75, 3.05) is 13.1 Å². The fourth-order valence-corrected chi connectivity index (χ4v) is 2.01. The normalized spacial score (nSPS) is 10.2. The maximum absolute atomic E-state index is 12.0. The van der Waals surface area contributed by atoms with E-state index in [1.54, 1.807) is 6.07 Å². The zero-order valence-electron chi connectivity index (χ0n) is 11.5. The first-order valence-corrected chi connectivity index (χ1v) is 6.74. The number of rotatable bonds is 5. The van der Waals surface area contributed by atoms with Crippen molar-refractivity contribution in [3.63, 3.8) is 0 Å². The third-order valence-corrected chi connectivity index (χ3v) is 3.02. The molecule has 0 saturated heterocycles. The highest BCUT2D eigenvalue weighted by molar-refractivity contribution is 5.98. The molecule has 20 heavy (non-hydrogen) atoms. The van der Waals surface area contributed by atoms with E-state index in [1.165, 1.54) is 0 Å². The van der Waals surface area contributed by atoms with Crippen molar-refractivity contribution in [3.8, 4) is 0 Å². The Morgan fingerprint density at radius 3 is 2.50 bits per heavy atom. The van der Waals surface area contributed by atoms with Crippen LogP contribution in [0.3, 0.4) is 0 Å². The van der Waals surface area contributed by atoms with Gasteiger partial charge in [0.15, 0.2) is 0 Å². The van der Waals surface area contributed by atoms with Crippen molar-refractivity contribution in [1.29, 1.82) is 0 Å². The zero-order chi connectivity index (χ0) is 14.4. The SMILES string of the molecule is CCNC(=O)CCNC(=O)c1ccc2ccccc2c1. The van der Waals surface area contributed by atoms with Gasteiger partial charge in [-0.2, -0.15) is 0 Å². The predicted octanol–water partition coefficient (Wildman–Crippen LogP) is 2.10. The van der Waals surface area contributed by atoms with Gasteiger partial charge in [-0.1, -0.05) is 30.3 Å². The van der Waals surface area contributed by atoms with Gasteiger partial charge in [0.05, 0.1) is 0 Å². The summed E-state index contributed by atoms with van der Waals surface area (Å²) in [5.41, 5.74) is 0.611. The van der Waals surface area contributed by atoms with Crippen molar-refractivity contribution in [1.82, 2.24) is 10.6 Å². The van der Waals surface area contributed by atoms with Gasteiger partial charge < -0.3 is 10.6 Å². The molecule has 0 bridgehead atoms. The van der Waals surface area contributed by atoms with Crippen molar-refractivity contribution < 1.29 is 9.59 Å². The summed E-state index contributed by atoms with van der Waals surface area (Å²) in [6.45, 7) is 2.82. The Balaban J connectivity index is 1.95. The van der Waals surface area contributed by atoms with Crippen LogP contribution >= 0.6 is 0 Å². The summed E-state index contributed by atoms with van der Waals surface area (Å²) >= 11 is 0. The Morgan fingerprint density at radius 1 is 1.00 bits per heavy atom. The van der Waals surface area contributed by atoms with E-state index in [2.05, 4.69) is 10.6 Å². The van der Waals surface area contributed by atoms with Gasteiger partial charge >= 0.3 is 0 Å². The van der Waals surface area contributed by atoms with E-state index in [-0.39, 0.29) is 11.8 Å². The van der Waals surface area contributed by atoms with E-state index in [9.17, 15) is 9.59 Å². The Morgan fingerprint density at radius 2 is 1.75 bits per heavy atom. The summed E-state index contributed by atoms with van der Waals surface area (Å²) in [7, 11) is 0.